The zero-order valence-electron chi connectivity index (χ0n) is 15.2. The normalized spacial score (nSPS) is 22.6. The van der Waals surface area contributed by atoms with Gasteiger partial charge in [0.2, 0.25) is 5.91 Å². The maximum absolute atomic E-state index is 13.0. The summed E-state index contributed by atoms with van der Waals surface area (Å²) in [5.74, 6) is -0.438. The minimum atomic E-state index is -0.525. The Bertz CT molecular complexity index is 819. The number of hydrogen-bond donors (Lipinski definition) is 0. The predicted octanol–water partition coefficient (Wildman–Crippen LogP) is 4.44. The third-order valence-corrected chi connectivity index (χ3v) is 6.06. The van der Waals surface area contributed by atoms with E-state index in [2.05, 4.69) is 20.9 Å². The number of nitrogens with zero attached hydrogens (tertiary/aromatic N) is 2. The van der Waals surface area contributed by atoms with Gasteiger partial charge in [0.25, 0.3) is 0 Å². The summed E-state index contributed by atoms with van der Waals surface area (Å²) in [7, 11) is 0. The number of amidine groups is 1. The van der Waals surface area contributed by atoms with Gasteiger partial charge in [-0.3, -0.25) is 9.69 Å². The standard InChI is InChI=1S/C19H21BrN2O3S/c1-5-14-17(23)22-16(12-7-6-8-13(20)9-12)15(18(24)25-10(2)3)11(4)21-19(22)26-14/h6-10,14,16H,5H2,1-4H3/t14-,16+/m1/s1. The van der Waals surface area contributed by atoms with Crippen molar-refractivity contribution >= 4 is 44.7 Å². The molecule has 2 heterocycles. The molecule has 0 radical (unpaired) electrons. The molecule has 7 heteroatoms. The number of thioether (sulfide) groups is 1. The van der Waals surface area contributed by atoms with Gasteiger partial charge < -0.3 is 4.74 Å². The summed E-state index contributed by atoms with van der Waals surface area (Å²) in [5, 5.41) is 0.488. The Balaban J connectivity index is 2.13. The first-order valence-corrected chi connectivity index (χ1v) is 10.3. The molecule has 0 bridgehead atoms. The van der Waals surface area contributed by atoms with Crippen LogP contribution in [0.15, 0.2) is 45.0 Å². The summed E-state index contributed by atoms with van der Waals surface area (Å²) in [6.07, 6.45) is 0.470. The first-order valence-electron chi connectivity index (χ1n) is 8.59. The minimum absolute atomic E-state index is 0.0106. The molecule has 1 saturated heterocycles. The molecular weight excluding hydrogens is 416 g/mol. The van der Waals surface area contributed by atoms with Crippen molar-refractivity contribution in [3.63, 3.8) is 0 Å². The summed E-state index contributed by atoms with van der Waals surface area (Å²) in [6, 6.07) is 7.14. The fourth-order valence-electron chi connectivity index (χ4n) is 3.12. The third-order valence-electron chi connectivity index (χ3n) is 4.25. The molecule has 1 aromatic rings. The van der Waals surface area contributed by atoms with Gasteiger partial charge >= 0.3 is 5.97 Å². The highest BCUT2D eigenvalue weighted by Gasteiger charge is 2.47. The van der Waals surface area contributed by atoms with Crippen LogP contribution in [0.5, 0.6) is 0 Å². The van der Waals surface area contributed by atoms with Gasteiger partial charge in [0.1, 0.15) is 0 Å². The average molecular weight is 437 g/mol. The second-order valence-corrected chi connectivity index (χ2v) is 8.61. The summed E-state index contributed by atoms with van der Waals surface area (Å²) < 4.78 is 6.34. The molecule has 2 atom stereocenters. The lowest BCUT2D eigenvalue weighted by Gasteiger charge is -2.33. The van der Waals surface area contributed by atoms with Gasteiger partial charge in [0.05, 0.1) is 28.7 Å². The summed E-state index contributed by atoms with van der Waals surface area (Å²) in [4.78, 5) is 32.0. The molecule has 1 fully saturated rings. The maximum atomic E-state index is 13.0. The summed E-state index contributed by atoms with van der Waals surface area (Å²) in [6.45, 7) is 7.40. The number of carbonyl (C=O) groups excluding carboxylic acids is 2. The average Bonchev–Trinajstić information content (AvgIpc) is 2.88. The van der Waals surface area contributed by atoms with E-state index >= 15 is 0 Å². The highest BCUT2D eigenvalue weighted by molar-refractivity contribution is 9.10. The number of halogens is 1. The molecule has 0 spiro atoms. The Hall–Kier alpha value is -1.60. The number of esters is 1. The van der Waals surface area contributed by atoms with E-state index in [4.69, 9.17) is 4.74 Å². The number of allylic oxidation sites excluding steroid dienone is 1. The van der Waals surface area contributed by atoms with Crippen LogP contribution in [0.25, 0.3) is 0 Å². The van der Waals surface area contributed by atoms with E-state index in [9.17, 15) is 9.59 Å². The van der Waals surface area contributed by atoms with E-state index in [1.807, 2.05) is 45.0 Å². The van der Waals surface area contributed by atoms with E-state index in [0.717, 1.165) is 16.5 Å². The van der Waals surface area contributed by atoms with E-state index in [1.165, 1.54) is 11.8 Å². The molecule has 2 aliphatic heterocycles. The summed E-state index contributed by atoms with van der Waals surface area (Å²) in [5.41, 5.74) is 1.88. The van der Waals surface area contributed by atoms with E-state index in [1.54, 1.807) is 11.8 Å². The van der Waals surface area contributed by atoms with Crippen molar-refractivity contribution in [2.24, 2.45) is 4.99 Å². The van der Waals surface area contributed by atoms with Crippen molar-refractivity contribution in [2.45, 2.75) is 51.5 Å². The minimum Gasteiger partial charge on any atom is -0.459 e. The van der Waals surface area contributed by atoms with Crippen LogP contribution in [0.1, 0.15) is 45.7 Å². The lowest BCUT2D eigenvalue weighted by atomic mass is 9.94. The molecule has 0 saturated carbocycles. The van der Waals surface area contributed by atoms with Gasteiger partial charge in [-0.05, 0) is 44.9 Å². The van der Waals surface area contributed by atoms with Crippen molar-refractivity contribution < 1.29 is 14.3 Å². The maximum Gasteiger partial charge on any atom is 0.338 e. The van der Waals surface area contributed by atoms with Gasteiger partial charge in [-0.25, -0.2) is 9.79 Å². The van der Waals surface area contributed by atoms with Crippen molar-refractivity contribution in [3.8, 4) is 0 Å². The fraction of sp³-hybridized carbons (Fsp3) is 0.421. The second kappa shape index (κ2) is 7.56. The number of amides is 1. The van der Waals surface area contributed by atoms with Crippen molar-refractivity contribution in [1.82, 2.24) is 4.90 Å². The Morgan fingerprint density at radius 1 is 1.42 bits per heavy atom. The van der Waals surface area contributed by atoms with Gasteiger partial charge in [-0.2, -0.15) is 0 Å². The van der Waals surface area contributed by atoms with Crippen LogP contribution in [0, 0.1) is 0 Å². The Morgan fingerprint density at radius 2 is 2.15 bits per heavy atom. The second-order valence-electron chi connectivity index (χ2n) is 6.53. The molecule has 1 aromatic carbocycles. The monoisotopic (exact) mass is 436 g/mol. The van der Waals surface area contributed by atoms with Crippen LogP contribution in [-0.4, -0.2) is 33.3 Å². The van der Waals surface area contributed by atoms with Gasteiger partial charge in [0.15, 0.2) is 5.17 Å². The van der Waals surface area contributed by atoms with Gasteiger partial charge in [-0.15, -0.1) is 0 Å². The smallest absolute Gasteiger partial charge is 0.338 e. The fourth-order valence-corrected chi connectivity index (χ4v) is 4.67. The number of rotatable bonds is 4. The lowest BCUT2D eigenvalue weighted by Crippen LogP contribution is -2.41. The van der Waals surface area contributed by atoms with Crippen LogP contribution in [-0.2, 0) is 14.3 Å². The third kappa shape index (κ3) is 3.47. The number of benzene rings is 1. The van der Waals surface area contributed by atoms with Crippen LogP contribution >= 0.6 is 27.7 Å². The van der Waals surface area contributed by atoms with Crippen LogP contribution < -0.4 is 0 Å². The Morgan fingerprint density at radius 3 is 2.77 bits per heavy atom. The topological polar surface area (TPSA) is 59.0 Å². The van der Waals surface area contributed by atoms with Gasteiger partial charge in [-0.1, -0.05) is 46.7 Å². The Kier molecular flexibility index (Phi) is 5.58. The van der Waals surface area contributed by atoms with E-state index in [0.29, 0.717) is 16.4 Å². The lowest BCUT2D eigenvalue weighted by molar-refractivity contribution is -0.143. The molecule has 0 aliphatic carbocycles. The van der Waals surface area contributed by atoms with E-state index in [-0.39, 0.29) is 17.3 Å². The summed E-state index contributed by atoms with van der Waals surface area (Å²) >= 11 is 4.95. The Labute approximate surface area is 166 Å². The molecule has 5 nitrogen and oxygen atoms in total. The molecule has 3 rings (SSSR count). The van der Waals surface area contributed by atoms with Crippen molar-refractivity contribution in [3.05, 3.63) is 45.6 Å². The molecular formula is C19H21BrN2O3S. The molecule has 26 heavy (non-hydrogen) atoms. The number of ether oxygens (including phenoxy) is 1. The molecule has 1 amide bonds. The van der Waals surface area contributed by atoms with Crippen LogP contribution in [0.3, 0.4) is 0 Å². The van der Waals surface area contributed by atoms with Crippen molar-refractivity contribution in [2.75, 3.05) is 0 Å². The molecule has 0 N–H and O–H groups in total. The van der Waals surface area contributed by atoms with Crippen molar-refractivity contribution in [1.29, 1.82) is 0 Å². The number of carbonyl (C=O) groups is 2. The number of aliphatic imine (C=N–C) groups is 1. The number of fused-ring (bicyclic) bond motifs is 1. The van der Waals surface area contributed by atoms with Gasteiger partial charge in [0, 0.05) is 4.47 Å². The van der Waals surface area contributed by atoms with Crippen LogP contribution in [0.2, 0.25) is 0 Å². The van der Waals surface area contributed by atoms with E-state index < -0.39 is 12.0 Å². The number of hydrogen-bond acceptors (Lipinski definition) is 5. The highest BCUT2D eigenvalue weighted by atomic mass is 79.9. The first-order chi connectivity index (χ1) is 12.3. The molecule has 0 aromatic heterocycles. The van der Waals surface area contributed by atoms with Crippen LogP contribution in [0.4, 0.5) is 0 Å². The largest absolute Gasteiger partial charge is 0.459 e. The predicted molar refractivity (Wildman–Crippen MR) is 107 cm³/mol. The molecule has 0 unspecified atom stereocenters. The quantitative estimate of drug-likeness (QED) is 0.654. The zero-order valence-corrected chi connectivity index (χ0v) is 17.6. The zero-order chi connectivity index (χ0) is 19.0. The molecule has 138 valence electrons. The highest BCUT2D eigenvalue weighted by Crippen LogP contribution is 2.44. The SMILES string of the molecule is CC[C@H]1SC2=NC(C)=C(C(=O)OC(C)C)[C@H](c3cccc(Br)c3)N2C1=O. The first kappa shape index (κ1) is 19.2. The molecule has 2 aliphatic rings.